The summed E-state index contributed by atoms with van der Waals surface area (Å²) < 4.78 is 31.9. The number of nitrogens with zero attached hydrogens (tertiary/aromatic N) is 1. The Morgan fingerprint density at radius 2 is 1.48 bits per heavy atom. The van der Waals surface area contributed by atoms with Gasteiger partial charge in [-0.2, -0.15) is 0 Å². The molecule has 0 saturated carbocycles. The number of ether oxygens (including phenoxy) is 1. The van der Waals surface area contributed by atoms with E-state index in [1.807, 2.05) is 0 Å². The molecular weight excluding hydrogens is 426 g/mol. The molecule has 0 radical (unpaired) electrons. The van der Waals surface area contributed by atoms with E-state index in [4.69, 9.17) is 16.3 Å². The van der Waals surface area contributed by atoms with Crippen LogP contribution in [0.15, 0.2) is 72.4 Å². The molecule has 1 aliphatic rings. The van der Waals surface area contributed by atoms with Crippen molar-refractivity contribution < 1.29 is 23.1 Å². The molecule has 0 aromatic heterocycles. The van der Waals surface area contributed by atoms with E-state index in [9.17, 15) is 18.4 Å². The van der Waals surface area contributed by atoms with Gasteiger partial charge in [-0.1, -0.05) is 23.7 Å². The Hall–Kier alpha value is -3.71. The van der Waals surface area contributed by atoms with Gasteiger partial charge < -0.3 is 10.1 Å². The third-order valence-corrected chi connectivity index (χ3v) is 5.02. The Bertz CT molecular complexity index is 1210. The highest BCUT2D eigenvalue weighted by Gasteiger charge is 2.40. The van der Waals surface area contributed by atoms with Crippen molar-refractivity contribution in [2.75, 3.05) is 17.3 Å². The number of benzene rings is 3. The van der Waals surface area contributed by atoms with Gasteiger partial charge in [0.15, 0.2) is 0 Å². The molecule has 3 aromatic rings. The number of anilines is 2. The quantitative estimate of drug-likeness (QED) is 0.566. The molecule has 1 aliphatic heterocycles. The van der Waals surface area contributed by atoms with E-state index in [0.717, 1.165) is 17.0 Å². The molecule has 1 heterocycles. The monoisotopic (exact) mass is 440 g/mol. The van der Waals surface area contributed by atoms with Gasteiger partial charge >= 0.3 is 0 Å². The fraction of sp³-hybridized carbons (Fsp3) is 0.0435. The molecule has 4 rings (SSSR count). The molecule has 8 heteroatoms. The standard InChI is InChI=1S/C23H15ClF2N2O3/c1-31-19-11-8-16(12-18(19)24)27-21-20(13-2-4-14(25)5-3-13)22(29)28(23(21)30)17-9-6-15(26)7-10-17/h2-12,27H,1H3. The van der Waals surface area contributed by atoms with Crippen LogP contribution in [-0.2, 0) is 9.59 Å². The summed E-state index contributed by atoms with van der Waals surface area (Å²) in [5.74, 6) is -1.79. The van der Waals surface area contributed by atoms with Gasteiger partial charge in [0.1, 0.15) is 23.1 Å². The number of rotatable bonds is 5. The van der Waals surface area contributed by atoms with Gasteiger partial charge in [0.25, 0.3) is 11.8 Å². The minimum Gasteiger partial charge on any atom is -0.495 e. The Balaban J connectivity index is 1.80. The van der Waals surface area contributed by atoms with Gasteiger partial charge in [-0.15, -0.1) is 0 Å². The van der Waals surface area contributed by atoms with Gasteiger partial charge in [-0.25, -0.2) is 13.7 Å². The molecular formula is C23H15ClF2N2O3. The second kappa shape index (κ2) is 8.20. The summed E-state index contributed by atoms with van der Waals surface area (Å²) in [6.07, 6.45) is 0. The number of imide groups is 1. The zero-order chi connectivity index (χ0) is 22.1. The van der Waals surface area contributed by atoms with E-state index >= 15 is 0 Å². The number of carbonyl (C=O) groups excluding carboxylic acids is 2. The number of hydrogen-bond donors (Lipinski definition) is 1. The summed E-state index contributed by atoms with van der Waals surface area (Å²) in [5, 5.41) is 3.26. The van der Waals surface area contributed by atoms with E-state index in [0.29, 0.717) is 22.0 Å². The predicted octanol–water partition coefficient (Wildman–Crippen LogP) is 5.02. The number of amides is 2. The maximum atomic E-state index is 13.4. The summed E-state index contributed by atoms with van der Waals surface area (Å²) in [7, 11) is 1.48. The van der Waals surface area contributed by atoms with Crippen LogP contribution in [0.5, 0.6) is 5.75 Å². The highest BCUT2D eigenvalue weighted by molar-refractivity contribution is 6.46. The summed E-state index contributed by atoms with van der Waals surface area (Å²) in [6.45, 7) is 0. The number of methoxy groups -OCH3 is 1. The highest BCUT2D eigenvalue weighted by Crippen LogP contribution is 2.35. The topological polar surface area (TPSA) is 58.6 Å². The molecule has 1 N–H and O–H groups in total. The van der Waals surface area contributed by atoms with Crippen LogP contribution in [-0.4, -0.2) is 18.9 Å². The molecule has 5 nitrogen and oxygen atoms in total. The van der Waals surface area contributed by atoms with Crippen molar-refractivity contribution in [3.8, 4) is 5.75 Å². The molecule has 0 bridgehead atoms. The summed E-state index contributed by atoms with van der Waals surface area (Å²) in [4.78, 5) is 27.4. The first-order valence-corrected chi connectivity index (χ1v) is 9.52. The predicted molar refractivity (Wildman–Crippen MR) is 114 cm³/mol. The zero-order valence-corrected chi connectivity index (χ0v) is 16.9. The molecule has 156 valence electrons. The average molecular weight is 441 g/mol. The normalized spacial score (nSPS) is 13.7. The van der Waals surface area contributed by atoms with Crippen LogP contribution in [0.1, 0.15) is 5.56 Å². The maximum Gasteiger partial charge on any atom is 0.282 e. The maximum absolute atomic E-state index is 13.4. The average Bonchev–Trinajstić information content (AvgIpc) is 2.99. The number of carbonyl (C=O) groups is 2. The fourth-order valence-electron chi connectivity index (χ4n) is 3.24. The smallest absolute Gasteiger partial charge is 0.282 e. The van der Waals surface area contributed by atoms with Crippen LogP contribution in [0.4, 0.5) is 20.2 Å². The van der Waals surface area contributed by atoms with E-state index < -0.39 is 23.4 Å². The van der Waals surface area contributed by atoms with Crippen LogP contribution in [0, 0.1) is 11.6 Å². The van der Waals surface area contributed by atoms with E-state index in [1.54, 1.807) is 18.2 Å². The first kappa shape index (κ1) is 20.6. The van der Waals surface area contributed by atoms with Crippen molar-refractivity contribution in [1.29, 1.82) is 0 Å². The van der Waals surface area contributed by atoms with Gasteiger partial charge in [0, 0.05) is 5.69 Å². The van der Waals surface area contributed by atoms with Crippen LogP contribution in [0.3, 0.4) is 0 Å². The Kier molecular flexibility index (Phi) is 5.44. The van der Waals surface area contributed by atoms with E-state index in [1.165, 1.54) is 43.5 Å². The third-order valence-electron chi connectivity index (χ3n) is 4.72. The van der Waals surface area contributed by atoms with Crippen molar-refractivity contribution in [3.63, 3.8) is 0 Å². The number of nitrogens with one attached hydrogen (secondary N) is 1. The van der Waals surface area contributed by atoms with Gasteiger partial charge in [0.2, 0.25) is 0 Å². The molecule has 0 atom stereocenters. The molecule has 2 amide bonds. The molecule has 0 unspecified atom stereocenters. The fourth-order valence-corrected chi connectivity index (χ4v) is 3.50. The lowest BCUT2D eigenvalue weighted by molar-refractivity contribution is -0.120. The van der Waals surface area contributed by atoms with Gasteiger partial charge in [0.05, 0.1) is 23.4 Å². The first-order valence-electron chi connectivity index (χ1n) is 9.14. The third kappa shape index (κ3) is 3.87. The van der Waals surface area contributed by atoms with Crippen molar-refractivity contribution in [2.24, 2.45) is 0 Å². The van der Waals surface area contributed by atoms with Gasteiger partial charge in [-0.3, -0.25) is 9.59 Å². The van der Waals surface area contributed by atoms with E-state index in [-0.39, 0.29) is 17.0 Å². The molecule has 0 spiro atoms. The molecule has 0 aliphatic carbocycles. The Morgan fingerprint density at radius 1 is 0.871 bits per heavy atom. The minimum absolute atomic E-state index is 0.0119. The molecule has 0 saturated heterocycles. The number of halogens is 3. The number of hydrogen-bond acceptors (Lipinski definition) is 4. The lowest BCUT2D eigenvalue weighted by atomic mass is 10.0. The summed E-state index contributed by atoms with van der Waals surface area (Å²) >= 11 is 6.17. The van der Waals surface area contributed by atoms with Gasteiger partial charge in [-0.05, 0) is 60.2 Å². The second-order valence-corrected chi connectivity index (χ2v) is 7.06. The van der Waals surface area contributed by atoms with Crippen molar-refractivity contribution in [2.45, 2.75) is 0 Å². The lowest BCUT2D eigenvalue weighted by Crippen LogP contribution is -2.32. The summed E-state index contributed by atoms with van der Waals surface area (Å²) in [5.41, 5.74) is 1.05. The summed E-state index contributed by atoms with van der Waals surface area (Å²) in [6, 6.07) is 15.0. The highest BCUT2D eigenvalue weighted by atomic mass is 35.5. The molecule has 31 heavy (non-hydrogen) atoms. The van der Waals surface area contributed by atoms with Crippen LogP contribution in [0.2, 0.25) is 5.02 Å². The Labute approximate surface area is 181 Å². The van der Waals surface area contributed by atoms with Crippen molar-refractivity contribution >= 4 is 40.4 Å². The zero-order valence-electron chi connectivity index (χ0n) is 16.2. The SMILES string of the molecule is COc1ccc(NC2=C(c3ccc(F)cc3)C(=O)N(c3ccc(F)cc3)C2=O)cc1Cl. The lowest BCUT2D eigenvalue weighted by Gasteiger charge is -2.15. The van der Waals surface area contributed by atoms with Crippen molar-refractivity contribution in [1.82, 2.24) is 0 Å². The largest absolute Gasteiger partial charge is 0.495 e. The van der Waals surface area contributed by atoms with Crippen LogP contribution < -0.4 is 15.0 Å². The van der Waals surface area contributed by atoms with Crippen LogP contribution in [0.25, 0.3) is 5.57 Å². The minimum atomic E-state index is -0.636. The Morgan fingerprint density at radius 3 is 2.06 bits per heavy atom. The molecule has 0 fully saturated rings. The van der Waals surface area contributed by atoms with Crippen LogP contribution >= 0.6 is 11.6 Å². The van der Waals surface area contributed by atoms with Crippen molar-refractivity contribution in [3.05, 3.63) is 94.6 Å². The molecule has 3 aromatic carbocycles. The van der Waals surface area contributed by atoms with E-state index in [2.05, 4.69) is 5.32 Å². The second-order valence-electron chi connectivity index (χ2n) is 6.65. The first-order chi connectivity index (χ1) is 14.9.